The summed E-state index contributed by atoms with van der Waals surface area (Å²) in [5, 5.41) is 3.07. The van der Waals surface area contributed by atoms with E-state index in [0.717, 1.165) is 17.5 Å². The first-order valence-corrected chi connectivity index (χ1v) is 12.1. The fourth-order valence-corrected chi connectivity index (χ4v) is 5.03. The number of aromatic nitrogens is 1. The number of amides is 1. The van der Waals surface area contributed by atoms with E-state index in [-0.39, 0.29) is 27.6 Å². The highest BCUT2D eigenvalue weighted by molar-refractivity contribution is 7.91. The van der Waals surface area contributed by atoms with Crippen molar-refractivity contribution in [3.8, 4) is 0 Å². The number of sulfone groups is 1. The number of anilines is 1. The standard InChI is InChI=1S/C26H24N2O4S/c1-3-19-10-12-20(13-11-19)27-25(29)17-28-16-24(26(30)22-6-4-5-7-23(22)28)33(31,32)21-14-8-18(2)9-15-21/h4-16H,3,17H2,1-2H3,(H,27,29). The van der Waals surface area contributed by atoms with Crippen LogP contribution in [0, 0.1) is 6.92 Å². The number of aryl methyl sites for hydroxylation is 2. The van der Waals surface area contributed by atoms with Gasteiger partial charge in [-0.2, -0.15) is 0 Å². The van der Waals surface area contributed by atoms with Crippen LogP contribution in [-0.4, -0.2) is 18.9 Å². The van der Waals surface area contributed by atoms with Crippen LogP contribution in [0.2, 0.25) is 0 Å². The molecule has 4 aromatic rings. The Morgan fingerprint density at radius 1 is 0.939 bits per heavy atom. The number of carbonyl (C=O) groups is 1. The maximum Gasteiger partial charge on any atom is 0.244 e. The lowest BCUT2D eigenvalue weighted by atomic mass is 10.1. The average molecular weight is 461 g/mol. The molecule has 33 heavy (non-hydrogen) atoms. The molecule has 1 N–H and O–H groups in total. The third kappa shape index (κ3) is 4.59. The number of carbonyl (C=O) groups excluding carboxylic acids is 1. The quantitative estimate of drug-likeness (QED) is 0.464. The normalized spacial score (nSPS) is 11.5. The number of pyridine rings is 1. The second-order valence-corrected chi connectivity index (χ2v) is 9.80. The lowest BCUT2D eigenvalue weighted by molar-refractivity contribution is -0.116. The number of nitrogens with zero attached hydrogens (tertiary/aromatic N) is 1. The van der Waals surface area contributed by atoms with Gasteiger partial charge in [-0.05, 0) is 55.3 Å². The van der Waals surface area contributed by atoms with Crippen molar-refractivity contribution in [1.82, 2.24) is 4.57 Å². The van der Waals surface area contributed by atoms with Crippen LogP contribution < -0.4 is 10.7 Å². The minimum atomic E-state index is -4.07. The molecule has 168 valence electrons. The monoisotopic (exact) mass is 460 g/mol. The summed E-state index contributed by atoms with van der Waals surface area (Å²) in [4.78, 5) is 25.6. The predicted molar refractivity (Wildman–Crippen MR) is 129 cm³/mol. The molecule has 1 amide bonds. The minimum Gasteiger partial charge on any atom is -0.336 e. The molecule has 0 aliphatic carbocycles. The lowest BCUT2D eigenvalue weighted by Crippen LogP contribution is -2.23. The molecule has 3 aromatic carbocycles. The lowest BCUT2D eigenvalue weighted by Gasteiger charge is -2.14. The van der Waals surface area contributed by atoms with Gasteiger partial charge in [-0.1, -0.05) is 48.9 Å². The highest BCUT2D eigenvalue weighted by Crippen LogP contribution is 2.22. The molecule has 6 nitrogen and oxygen atoms in total. The molecule has 0 atom stereocenters. The molecular weight excluding hydrogens is 436 g/mol. The highest BCUT2D eigenvalue weighted by Gasteiger charge is 2.24. The van der Waals surface area contributed by atoms with Gasteiger partial charge in [-0.15, -0.1) is 0 Å². The molecule has 0 saturated heterocycles. The van der Waals surface area contributed by atoms with Crippen LogP contribution in [-0.2, 0) is 27.6 Å². The van der Waals surface area contributed by atoms with Crippen molar-refractivity contribution >= 4 is 32.3 Å². The van der Waals surface area contributed by atoms with Crippen LogP contribution >= 0.6 is 0 Å². The topological polar surface area (TPSA) is 85.2 Å². The number of fused-ring (bicyclic) bond motifs is 1. The van der Waals surface area contributed by atoms with Gasteiger partial charge in [0.05, 0.1) is 10.4 Å². The summed E-state index contributed by atoms with van der Waals surface area (Å²) in [5.41, 5.74) is 2.62. The van der Waals surface area contributed by atoms with Gasteiger partial charge in [0.15, 0.2) is 0 Å². The fraction of sp³-hybridized carbons (Fsp3) is 0.154. The molecule has 1 heterocycles. The van der Waals surface area contributed by atoms with Crippen LogP contribution in [0.15, 0.2) is 93.6 Å². The Kier molecular flexibility index (Phi) is 6.16. The molecule has 0 aliphatic rings. The molecule has 0 aliphatic heterocycles. The SMILES string of the molecule is CCc1ccc(NC(=O)Cn2cc(S(=O)(=O)c3ccc(C)cc3)c(=O)c3ccccc32)cc1. The van der Waals surface area contributed by atoms with E-state index >= 15 is 0 Å². The number of nitrogens with one attached hydrogen (secondary N) is 1. The molecule has 0 fully saturated rings. The van der Waals surface area contributed by atoms with E-state index < -0.39 is 15.3 Å². The third-order valence-corrected chi connectivity index (χ3v) is 7.30. The second-order valence-electron chi connectivity index (χ2n) is 7.88. The van der Waals surface area contributed by atoms with Crippen LogP contribution in [0.4, 0.5) is 5.69 Å². The largest absolute Gasteiger partial charge is 0.336 e. The van der Waals surface area contributed by atoms with Crippen LogP contribution in [0.25, 0.3) is 10.9 Å². The van der Waals surface area contributed by atoms with Gasteiger partial charge in [0.25, 0.3) is 0 Å². The molecule has 0 radical (unpaired) electrons. The highest BCUT2D eigenvalue weighted by atomic mass is 32.2. The van der Waals surface area contributed by atoms with Crippen LogP contribution in [0.1, 0.15) is 18.1 Å². The molecule has 4 rings (SSSR count). The van der Waals surface area contributed by atoms with E-state index in [9.17, 15) is 18.0 Å². The third-order valence-electron chi connectivity index (χ3n) is 5.54. The van der Waals surface area contributed by atoms with Crippen molar-refractivity contribution in [3.63, 3.8) is 0 Å². The maximum absolute atomic E-state index is 13.3. The zero-order valence-corrected chi connectivity index (χ0v) is 19.2. The first kappa shape index (κ1) is 22.5. The van der Waals surface area contributed by atoms with E-state index in [0.29, 0.717) is 11.2 Å². The van der Waals surface area contributed by atoms with Crippen molar-refractivity contribution < 1.29 is 13.2 Å². The Balaban J connectivity index is 1.75. The molecule has 0 bridgehead atoms. The summed E-state index contributed by atoms with van der Waals surface area (Å²) in [6.07, 6.45) is 2.16. The van der Waals surface area contributed by atoms with Crippen molar-refractivity contribution in [2.75, 3.05) is 5.32 Å². The Bertz CT molecular complexity index is 1490. The second kappa shape index (κ2) is 9.03. The predicted octanol–water partition coefficient (Wildman–Crippen LogP) is 4.34. The van der Waals surface area contributed by atoms with Gasteiger partial charge in [-0.25, -0.2) is 8.42 Å². The van der Waals surface area contributed by atoms with Gasteiger partial charge >= 0.3 is 0 Å². The molecule has 1 aromatic heterocycles. The Labute approximate surface area is 192 Å². The van der Waals surface area contributed by atoms with Gasteiger partial charge in [0.1, 0.15) is 11.4 Å². The van der Waals surface area contributed by atoms with Gasteiger partial charge in [0, 0.05) is 17.3 Å². The van der Waals surface area contributed by atoms with Gasteiger partial charge in [0.2, 0.25) is 21.2 Å². The van der Waals surface area contributed by atoms with Crippen molar-refractivity contribution in [2.24, 2.45) is 0 Å². The zero-order chi connectivity index (χ0) is 23.6. The van der Waals surface area contributed by atoms with Gasteiger partial charge < -0.3 is 9.88 Å². The number of hydrogen-bond donors (Lipinski definition) is 1. The number of rotatable bonds is 6. The minimum absolute atomic E-state index is 0.0347. The smallest absolute Gasteiger partial charge is 0.244 e. The summed E-state index contributed by atoms with van der Waals surface area (Å²) in [6.45, 7) is 3.76. The average Bonchev–Trinajstić information content (AvgIpc) is 2.81. The molecule has 7 heteroatoms. The van der Waals surface area contributed by atoms with Crippen LogP contribution in [0.3, 0.4) is 0 Å². The van der Waals surface area contributed by atoms with Crippen molar-refractivity contribution in [2.45, 2.75) is 36.6 Å². The van der Waals surface area contributed by atoms with E-state index in [1.807, 2.05) is 31.2 Å². The molecule has 0 unspecified atom stereocenters. The Hall–Kier alpha value is -3.71. The number of para-hydroxylation sites is 1. The van der Waals surface area contributed by atoms with E-state index in [4.69, 9.17) is 0 Å². The van der Waals surface area contributed by atoms with E-state index in [2.05, 4.69) is 12.2 Å². The van der Waals surface area contributed by atoms with E-state index in [1.54, 1.807) is 36.4 Å². The summed E-state index contributed by atoms with van der Waals surface area (Å²) in [5.74, 6) is -0.327. The number of hydrogen-bond acceptors (Lipinski definition) is 4. The Morgan fingerprint density at radius 2 is 1.61 bits per heavy atom. The number of benzene rings is 3. The first-order chi connectivity index (χ1) is 15.8. The summed E-state index contributed by atoms with van der Waals surface area (Å²) in [7, 11) is -4.07. The van der Waals surface area contributed by atoms with E-state index in [1.165, 1.54) is 22.9 Å². The van der Waals surface area contributed by atoms with Crippen LogP contribution in [0.5, 0.6) is 0 Å². The zero-order valence-electron chi connectivity index (χ0n) is 18.4. The summed E-state index contributed by atoms with van der Waals surface area (Å²) in [6, 6.07) is 20.6. The van der Waals surface area contributed by atoms with Crippen molar-refractivity contribution in [1.29, 1.82) is 0 Å². The summed E-state index contributed by atoms with van der Waals surface area (Å²) < 4.78 is 28.1. The van der Waals surface area contributed by atoms with Crippen molar-refractivity contribution in [3.05, 3.63) is 100 Å². The van der Waals surface area contributed by atoms with Gasteiger partial charge in [-0.3, -0.25) is 9.59 Å². The Morgan fingerprint density at radius 3 is 2.27 bits per heavy atom. The fourth-order valence-electron chi connectivity index (χ4n) is 3.66. The first-order valence-electron chi connectivity index (χ1n) is 10.6. The maximum atomic E-state index is 13.3. The molecular formula is C26H24N2O4S. The summed E-state index contributed by atoms with van der Waals surface area (Å²) >= 11 is 0. The molecule has 0 saturated carbocycles. The molecule has 0 spiro atoms.